The molecule has 0 saturated carbocycles. The zero-order chi connectivity index (χ0) is 27.1. The number of halogens is 1. The van der Waals surface area contributed by atoms with Crippen LogP contribution in [0.15, 0.2) is 122 Å². The van der Waals surface area contributed by atoms with Gasteiger partial charge in [0, 0.05) is 37.2 Å². The summed E-state index contributed by atoms with van der Waals surface area (Å²) >= 11 is 2.17. The summed E-state index contributed by atoms with van der Waals surface area (Å²) in [6.07, 6.45) is 15.6. The Morgan fingerprint density at radius 2 is 1.05 bits per heavy atom. The topological polar surface area (TPSA) is 87.2 Å². The van der Waals surface area contributed by atoms with Gasteiger partial charge in [0.05, 0.1) is 0 Å². The fraction of sp³-hybridized carbons (Fsp3) is 0. The monoisotopic (exact) mass is 620 g/mol. The van der Waals surface area contributed by atoms with Crippen molar-refractivity contribution in [1.82, 2.24) is 39.5 Å². The fourth-order valence-corrected chi connectivity index (χ4v) is 3.33. The highest BCUT2D eigenvalue weighted by Gasteiger charge is 1.99. The molecule has 0 atom stereocenters. The molecule has 9 heteroatoms. The molecule has 6 aromatic heterocycles. The molecule has 0 N–H and O–H groups in total. The van der Waals surface area contributed by atoms with Crippen LogP contribution in [0.3, 0.4) is 0 Å². The van der Waals surface area contributed by atoms with E-state index in [-0.39, 0.29) is 0 Å². The van der Waals surface area contributed by atoms with Crippen molar-refractivity contribution in [2.45, 2.75) is 0 Å². The van der Waals surface area contributed by atoms with E-state index in [1.54, 1.807) is 40.2 Å². The quantitative estimate of drug-likeness (QED) is 0.200. The van der Waals surface area contributed by atoms with Gasteiger partial charge in [-0.05, 0) is 95.1 Å². The van der Waals surface area contributed by atoms with Crippen LogP contribution >= 0.6 is 22.6 Å². The van der Waals surface area contributed by atoms with Gasteiger partial charge in [0.15, 0.2) is 11.6 Å². The molecular formula is C30H21IN8. The summed E-state index contributed by atoms with van der Waals surface area (Å²) in [6.45, 7) is 0. The lowest BCUT2D eigenvalue weighted by Crippen LogP contribution is -1.97. The Bertz CT molecular complexity index is 1660. The standard InChI is InChI=1S/C15H10N4.C8H6IN3.C7H5N/c1-3-10-16-13(5-1)7-8-14-9-12-19(18-14)15-6-2-4-11-17-15;9-7-4-6-12(11-7)8-3-1-2-5-10-8;1-2-7-5-3-4-6-8-7/h1-6,9-12H;1-6H;1,3-6H. The van der Waals surface area contributed by atoms with Gasteiger partial charge in [0.2, 0.25) is 0 Å². The molecule has 0 amide bonds. The molecule has 6 heterocycles. The third kappa shape index (κ3) is 8.74. The molecule has 0 fully saturated rings. The van der Waals surface area contributed by atoms with E-state index in [1.165, 1.54) is 0 Å². The van der Waals surface area contributed by atoms with E-state index < -0.39 is 0 Å². The van der Waals surface area contributed by atoms with E-state index in [0.29, 0.717) is 11.4 Å². The van der Waals surface area contributed by atoms with Crippen LogP contribution in [-0.2, 0) is 0 Å². The zero-order valence-corrected chi connectivity index (χ0v) is 22.7. The number of pyridine rings is 4. The lowest BCUT2D eigenvalue weighted by molar-refractivity contribution is 0.837. The SMILES string of the molecule is C#Cc1ccccn1.C(#Cc1ccn(-c2ccccn2)n1)c1ccccn1.Ic1ccn(-c2ccccn2)n1. The van der Waals surface area contributed by atoms with Crippen molar-refractivity contribution < 1.29 is 0 Å². The van der Waals surface area contributed by atoms with Gasteiger partial charge >= 0.3 is 0 Å². The maximum atomic E-state index is 5.04. The molecule has 0 saturated heterocycles. The first-order valence-electron chi connectivity index (χ1n) is 11.6. The van der Waals surface area contributed by atoms with Gasteiger partial charge in [0.25, 0.3) is 0 Å². The van der Waals surface area contributed by atoms with Gasteiger partial charge in [-0.15, -0.1) is 6.42 Å². The summed E-state index contributed by atoms with van der Waals surface area (Å²) < 4.78 is 4.42. The summed E-state index contributed by atoms with van der Waals surface area (Å²) in [5.74, 6) is 9.98. The van der Waals surface area contributed by atoms with Crippen LogP contribution in [0.25, 0.3) is 11.6 Å². The molecule has 6 aromatic rings. The van der Waals surface area contributed by atoms with Crippen LogP contribution in [-0.4, -0.2) is 39.5 Å². The van der Waals surface area contributed by atoms with Crippen molar-refractivity contribution >= 4 is 22.6 Å². The smallest absolute Gasteiger partial charge is 0.153 e. The van der Waals surface area contributed by atoms with Crippen LogP contribution in [0.5, 0.6) is 0 Å². The summed E-state index contributed by atoms with van der Waals surface area (Å²) in [4.78, 5) is 16.4. The number of rotatable bonds is 2. The predicted molar refractivity (Wildman–Crippen MR) is 158 cm³/mol. The van der Waals surface area contributed by atoms with E-state index in [4.69, 9.17) is 6.42 Å². The van der Waals surface area contributed by atoms with E-state index >= 15 is 0 Å². The summed E-state index contributed by atoms with van der Waals surface area (Å²) in [6, 6.07) is 26.3. The lowest BCUT2D eigenvalue weighted by Gasteiger charge is -1.96. The predicted octanol–water partition coefficient (Wildman–Crippen LogP) is 5.00. The summed E-state index contributed by atoms with van der Waals surface area (Å²) in [5, 5.41) is 8.57. The Kier molecular flexibility index (Phi) is 10.1. The van der Waals surface area contributed by atoms with E-state index in [0.717, 1.165) is 21.0 Å². The summed E-state index contributed by atoms with van der Waals surface area (Å²) in [7, 11) is 0. The molecule has 188 valence electrons. The normalized spacial score (nSPS) is 9.44. The second-order valence-electron chi connectivity index (χ2n) is 7.43. The van der Waals surface area contributed by atoms with Gasteiger partial charge in [-0.2, -0.15) is 10.2 Å². The van der Waals surface area contributed by atoms with Crippen LogP contribution in [0.1, 0.15) is 17.1 Å². The minimum atomic E-state index is 0.688. The van der Waals surface area contributed by atoms with E-state index in [1.807, 2.05) is 91.3 Å². The minimum absolute atomic E-state index is 0.688. The number of hydrogen-bond acceptors (Lipinski definition) is 6. The first-order valence-corrected chi connectivity index (χ1v) is 12.7. The Morgan fingerprint density at radius 1 is 0.538 bits per heavy atom. The van der Waals surface area contributed by atoms with Crippen molar-refractivity contribution in [2.75, 3.05) is 0 Å². The average Bonchev–Trinajstić information content (AvgIpc) is 3.68. The first-order chi connectivity index (χ1) is 19.2. The van der Waals surface area contributed by atoms with Gasteiger partial charge in [0.1, 0.15) is 20.8 Å². The highest BCUT2D eigenvalue weighted by molar-refractivity contribution is 14.1. The molecule has 0 aliphatic carbocycles. The molecule has 0 unspecified atom stereocenters. The van der Waals surface area contributed by atoms with Crippen LogP contribution < -0.4 is 0 Å². The van der Waals surface area contributed by atoms with Crippen molar-refractivity contribution in [3.63, 3.8) is 0 Å². The minimum Gasteiger partial charge on any atom is -0.248 e. The Balaban J connectivity index is 0.000000150. The average molecular weight is 620 g/mol. The molecule has 0 spiro atoms. The molecule has 0 aliphatic rings. The molecule has 0 aromatic carbocycles. The Morgan fingerprint density at radius 3 is 1.51 bits per heavy atom. The third-order valence-corrected chi connectivity index (χ3v) is 5.29. The second kappa shape index (κ2) is 14.6. The number of nitrogens with zero attached hydrogens (tertiary/aromatic N) is 8. The van der Waals surface area contributed by atoms with Crippen molar-refractivity contribution in [1.29, 1.82) is 0 Å². The molecule has 39 heavy (non-hydrogen) atoms. The molecule has 0 aliphatic heterocycles. The maximum Gasteiger partial charge on any atom is 0.153 e. The Labute approximate surface area is 240 Å². The highest BCUT2D eigenvalue weighted by atomic mass is 127. The van der Waals surface area contributed by atoms with Gasteiger partial charge in [-0.3, -0.25) is 0 Å². The largest absolute Gasteiger partial charge is 0.248 e. The van der Waals surface area contributed by atoms with Crippen molar-refractivity contribution in [3.8, 4) is 35.8 Å². The molecule has 0 radical (unpaired) electrons. The lowest BCUT2D eigenvalue weighted by atomic mass is 10.3. The molecule has 8 nitrogen and oxygen atoms in total. The van der Waals surface area contributed by atoms with Crippen LogP contribution in [0.2, 0.25) is 0 Å². The van der Waals surface area contributed by atoms with Crippen molar-refractivity contribution in [2.24, 2.45) is 0 Å². The van der Waals surface area contributed by atoms with Crippen molar-refractivity contribution in [3.05, 3.63) is 143 Å². The van der Waals surface area contributed by atoms with Crippen LogP contribution in [0, 0.1) is 27.9 Å². The first kappa shape index (κ1) is 26.9. The van der Waals surface area contributed by atoms with Gasteiger partial charge in [-0.25, -0.2) is 29.3 Å². The van der Waals surface area contributed by atoms with E-state index in [2.05, 4.69) is 70.5 Å². The van der Waals surface area contributed by atoms with Gasteiger partial charge < -0.3 is 0 Å². The Hall–Kier alpha value is -5.13. The second-order valence-corrected chi connectivity index (χ2v) is 8.53. The number of terminal acetylenes is 1. The van der Waals surface area contributed by atoms with Gasteiger partial charge in [-0.1, -0.05) is 30.2 Å². The van der Waals surface area contributed by atoms with Crippen LogP contribution in [0.4, 0.5) is 0 Å². The maximum absolute atomic E-state index is 5.04. The molecular weight excluding hydrogens is 599 g/mol. The third-order valence-electron chi connectivity index (χ3n) is 4.71. The molecule has 6 rings (SSSR count). The highest BCUT2D eigenvalue weighted by Crippen LogP contribution is 2.05. The summed E-state index contributed by atoms with van der Waals surface area (Å²) in [5.41, 5.74) is 2.11. The number of hydrogen-bond donors (Lipinski definition) is 0. The number of aromatic nitrogens is 8. The molecule has 0 bridgehead atoms. The fourth-order valence-electron chi connectivity index (χ4n) is 2.94. The zero-order valence-electron chi connectivity index (χ0n) is 20.6. The van der Waals surface area contributed by atoms with E-state index in [9.17, 15) is 0 Å².